The summed E-state index contributed by atoms with van der Waals surface area (Å²) in [5, 5.41) is 2.47. The van der Waals surface area contributed by atoms with E-state index in [1.54, 1.807) is 0 Å². The van der Waals surface area contributed by atoms with E-state index in [2.05, 4.69) is 216 Å². The molecule has 0 atom stereocenters. The predicted octanol–water partition coefficient (Wildman–Crippen LogP) is 13.3. The normalized spacial score (nSPS) is 11.2. The zero-order valence-corrected chi connectivity index (χ0v) is 27.5. The highest BCUT2D eigenvalue weighted by Gasteiger charge is 2.18. The molecule has 0 saturated heterocycles. The van der Waals surface area contributed by atoms with E-state index >= 15 is 0 Å². The number of para-hydroxylation sites is 2. The van der Waals surface area contributed by atoms with Crippen LogP contribution in [0, 0.1) is 0 Å². The molecule has 0 saturated carbocycles. The largest absolute Gasteiger partial charge is 0.310 e. The third kappa shape index (κ3) is 5.43. The van der Waals surface area contributed by atoms with Crippen molar-refractivity contribution in [1.82, 2.24) is 4.57 Å². The highest BCUT2D eigenvalue weighted by Crippen LogP contribution is 2.41. The molecule has 9 rings (SSSR count). The van der Waals surface area contributed by atoms with Gasteiger partial charge < -0.3 is 9.47 Å². The SMILES string of the molecule is c1ccc(-c2ccc(-c3cccc(N(c4ccccc4)c4ccc5c6ccc(-c7ccccc7)cc6n(-c6ccccc6)c5c4)c3)cc2)cc1. The van der Waals surface area contributed by atoms with Crippen molar-refractivity contribution in [1.29, 1.82) is 0 Å². The average molecular weight is 639 g/mol. The Morgan fingerprint density at radius 1 is 0.280 bits per heavy atom. The number of aromatic nitrogens is 1. The van der Waals surface area contributed by atoms with Gasteiger partial charge in [0, 0.05) is 33.5 Å². The first-order valence-electron chi connectivity index (χ1n) is 17.1. The van der Waals surface area contributed by atoms with Crippen LogP contribution >= 0.6 is 0 Å². The second kappa shape index (κ2) is 12.8. The summed E-state index contributed by atoms with van der Waals surface area (Å²) in [5.74, 6) is 0. The van der Waals surface area contributed by atoms with Crippen molar-refractivity contribution in [2.45, 2.75) is 0 Å². The van der Waals surface area contributed by atoms with E-state index < -0.39 is 0 Å². The molecule has 0 amide bonds. The molecule has 0 aliphatic rings. The minimum atomic E-state index is 1.10. The smallest absolute Gasteiger partial charge is 0.0561 e. The topological polar surface area (TPSA) is 8.17 Å². The summed E-state index contributed by atoms with van der Waals surface area (Å²) in [6.45, 7) is 0. The molecule has 0 fully saturated rings. The molecule has 8 aromatic carbocycles. The quantitative estimate of drug-likeness (QED) is 0.169. The van der Waals surface area contributed by atoms with Gasteiger partial charge in [-0.15, -0.1) is 0 Å². The average Bonchev–Trinajstić information content (AvgIpc) is 3.52. The van der Waals surface area contributed by atoms with Gasteiger partial charge in [-0.25, -0.2) is 0 Å². The van der Waals surface area contributed by atoms with Gasteiger partial charge in [0.1, 0.15) is 0 Å². The number of fused-ring (bicyclic) bond motifs is 3. The molecule has 9 aromatic rings. The third-order valence-electron chi connectivity index (χ3n) is 9.57. The standard InChI is InChI=1S/C48H34N2/c1-5-14-35(15-6-1)37-24-26-38(27-25-37)39-18-13-23-43(32-39)49(41-19-9-3-10-20-41)44-29-31-46-45-30-28-40(36-16-7-2-8-17-36)33-47(45)50(48(46)34-44)42-21-11-4-12-22-42/h1-34H. The van der Waals surface area contributed by atoms with Gasteiger partial charge in [0.2, 0.25) is 0 Å². The molecule has 236 valence electrons. The Kier molecular flexibility index (Phi) is 7.53. The van der Waals surface area contributed by atoms with Gasteiger partial charge in [-0.3, -0.25) is 0 Å². The van der Waals surface area contributed by atoms with Gasteiger partial charge >= 0.3 is 0 Å². The van der Waals surface area contributed by atoms with Crippen LogP contribution < -0.4 is 4.90 Å². The molecule has 0 unspecified atom stereocenters. The van der Waals surface area contributed by atoms with Crippen molar-refractivity contribution in [2.75, 3.05) is 4.90 Å². The monoisotopic (exact) mass is 638 g/mol. The lowest BCUT2D eigenvalue weighted by atomic mass is 10.00. The number of hydrogen-bond acceptors (Lipinski definition) is 1. The van der Waals surface area contributed by atoms with Gasteiger partial charge in [0.05, 0.1) is 11.0 Å². The number of nitrogens with zero attached hydrogens (tertiary/aromatic N) is 2. The van der Waals surface area contributed by atoms with Crippen LogP contribution in [0.1, 0.15) is 0 Å². The minimum absolute atomic E-state index is 1.10. The van der Waals surface area contributed by atoms with E-state index in [0.717, 1.165) is 22.7 Å². The number of rotatable bonds is 7. The van der Waals surface area contributed by atoms with E-state index in [1.165, 1.54) is 55.2 Å². The summed E-state index contributed by atoms with van der Waals surface area (Å²) in [4.78, 5) is 2.36. The molecule has 50 heavy (non-hydrogen) atoms. The lowest BCUT2D eigenvalue weighted by Gasteiger charge is -2.26. The molecular weight excluding hydrogens is 605 g/mol. The van der Waals surface area contributed by atoms with E-state index in [9.17, 15) is 0 Å². The molecule has 2 heteroatoms. The van der Waals surface area contributed by atoms with E-state index in [1.807, 2.05) is 0 Å². The Morgan fingerprint density at radius 3 is 1.36 bits per heavy atom. The summed E-state index contributed by atoms with van der Waals surface area (Å²) in [5.41, 5.74) is 14.0. The van der Waals surface area contributed by atoms with E-state index in [0.29, 0.717) is 0 Å². The van der Waals surface area contributed by atoms with Crippen LogP contribution in [0.5, 0.6) is 0 Å². The lowest BCUT2D eigenvalue weighted by Crippen LogP contribution is -2.10. The van der Waals surface area contributed by atoms with Crippen LogP contribution in [0.2, 0.25) is 0 Å². The van der Waals surface area contributed by atoms with Crippen LogP contribution in [-0.4, -0.2) is 4.57 Å². The fraction of sp³-hybridized carbons (Fsp3) is 0. The van der Waals surface area contributed by atoms with Crippen LogP contribution in [0.25, 0.3) is 60.9 Å². The summed E-state index contributed by atoms with van der Waals surface area (Å²) < 4.78 is 2.41. The molecule has 0 radical (unpaired) electrons. The second-order valence-electron chi connectivity index (χ2n) is 12.6. The molecule has 0 N–H and O–H groups in total. The van der Waals surface area contributed by atoms with E-state index in [4.69, 9.17) is 0 Å². The van der Waals surface area contributed by atoms with Crippen molar-refractivity contribution < 1.29 is 0 Å². The van der Waals surface area contributed by atoms with Crippen LogP contribution in [0.3, 0.4) is 0 Å². The first kappa shape index (κ1) is 29.5. The molecule has 0 bridgehead atoms. The van der Waals surface area contributed by atoms with E-state index in [-0.39, 0.29) is 0 Å². The van der Waals surface area contributed by atoms with Crippen LogP contribution in [0.4, 0.5) is 17.1 Å². The lowest BCUT2D eigenvalue weighted by molar-refractivity contribution is 1.18. The Balaban J connectivity index is 1.20. The number of anilines is 3. The maximum absolute atomic E-state index is 2.41. The summed E-state index contributed by atoms with van der Waals surface area (Å²) in [6, 6.07) is 74.0. The predicted molar refractivity (Wildman–Crippen MR) is 212 cm³/mol. The number of hydrogen-bond donors (Lipinski definition) is 0. The summed E-state index contributed by atoms with van der Waals surface area (Å²) in [6.07, 6.45) is 0. The fourth-order valence-corrected chi connectivity index (χ4v) is 7.15. The summed E-state index contributed by atoms with van der Waals surface area (Å²) >= 11 is 0. The van der Waals surface area contributed by atoms with Gasteiger partial charge in [0.15, 0.2) is 0 Å². The highest BCUT2D eigenvalue weighted by molar-refractivity contribution is 6.11. The van der Waals surface area contributed by atoms with Gasteiger partial charge in [0.25, 0.3) is 0 Å². The third-order valence-corrected chi connectivity index (χ3v) is 9.57. The second-order valence-corrected chi connectivity index (χ2v) is 12.6. The Morgan fingerprint density at radius 2 is 0.700 bits per heavy atom. The van der Waals surface area contributed by atoms with Crippen LogP contribution in [0.15, 0.2) is 206 Å². The molecule has 0 aliphatic carbocycles. The van der Waals surface area contributed by atoms with Gasteiger partial charge in [-0.2, -0.15) is 0 Å². The summed E-state index contributed by atoms with van der Waals surface area (Å²) in [7, 11) is 0. The van der Waals surface area contributed by atoms with Gasteiger partial charge in [-0.05, 0) is 88.0 Å². The van der Waals surface area contributed by atoms with Crippen LogP contribution in [-0.2, 0) is 0 Å². The number of benzene rings is 8. The zero-order valence-electron chi connectivity index (χ0n) is 27.5. The molecule has 1 aromatic heterocycles. The highest BCUT2D eigenvalue weighted by atomic mass is 15.1. The minimum Gasteiger partial charge on any atom is -0.310 e. The maximum atomic E-state index is 2.41. The van der Waals surface area contributed by atoms with Gasteiger partial charge in [-0.1, -0.05) is 152 Å². The molecule has 1 heterocycles. The van der Waals surface area contributed by atoms with Crippen molar-refractivity contribution in [3.8, 4) is 39.1 Å². The van der Waals surface area contributed by atoms with Crippen molar-refractivity contribution in [3.63, 3.8) is 0 Å². The first-order chi connectivity index (χ1) is 24.8. The first-order valence-corrected chi connectivity index (χ1v) is 17.1. The Bertz CT molecular complexity index is 2550. The zero-order chi connectivity index (χ0) is 33.3. The fourth-order valence-electron chi connectivity index (χ4n) is 7.15. The van der Waals surface area contributed by atoms with Crippen molar-refractivity contribution in [3.05, 3.63) is 206 Å². The molecule has 0 spiro atoms. The van der Waals surface area contributed by atoms with Crippen molar-refractivity contribution in [2.24, 2.45) is 0 Å². The Hall–Kier alpha value is -6.64. The van der Waals surface area contributed by atoms with Crippen molar-refractivity contribution >= 4 is 38.9 Å². The molecular formula is C48H34N2. The Labute approximate surface area is 292 Å². The maximum Gasteiger partial charge on any atom is 0.0561 e. The molecule has 0 aliphatic heterocycles. The molecule has 2 nitrogen and oxygen atoms in total.